The molecule has 4 aromatic carbocycles. The van der Waals surface area contributed by atoms with Gasteiger partial charge in [-0.25, -0.2) is 4.98 Å². The van der Waals surface area contributed by atoms with Gasteiger partial charge in [0.1, 0.15) is 5.52 Å². The lowest BCUT2D eigenvalue weighted by atomic mass is 10.0. The number of hydrogen-bond acceptors (Lipinski definition) is 3. The lowest BCUT2D eigenvalue weighted by Crippen LogP contribution is -2.30. The van der Waals surface area contributed by atoms with E-state index in [9.17, 15) is 4.79 Å². The van der Waals surface area contributed by atoms with Crippen LogP contribution < -0.4 is 0 Å². The monoisotopic (exact) mass is 420 g/mol. The van der Waals surface area contributed by atoms with Crippen molar-refractivity contribution in [2.24, 2.45) is 0 Å². The van der Waals surface area contributed by atoms with Crippen molar-refractivity contribution < 1.29 is 9.21 Å². The van der Waals surface area contributed by atoms with Crippen LogP contribution in [0.3, 0.4) is 0 Å². The largest absolute Gasteiger partial charge is 0.439 e. The number of rotatable bonds is 5. The van der Waals surface area contributed by atoms with Gasteiger partial charge in [0.15, 0.2) is 5.58 Å². The van der Waals surface area contributed by atoms with E-state index in [4.69, 9.17) is 4.42 Å². The van der Waals surface area contributed by atoms with Crippen LogP contribution >= 0.6 is 0 Å². The molecule has 1 amide bonds. The van der Waals surface area contributed by atoms with Crippen LogP contribution in [0.5, 0.6) is 0 Å². The van der Waals surface area contributed by atoms with Crippen molar-refractivity contribution in [2.75, 3.05) is 0 Å². The molecule has 0 aliphatic heterocycles. The molecule has 4 heteroatoms. The van der Waals surface area contributed by atoms with Gasteiger partial charge in [0.25, 0.3) is 5.91 Å². The van der Waals surface area contributed by atoms with Crippen LogP contribution in [0.25, 0.3) is 21.9 Å². The SMILES string of the molecule is Cc1ccc(CN(Cc2nc3cc(C)ccc3o2)C(=O)c2cccc3ccccc23)cc1. The molecular weight excluding hydrogens is 396 g/mol. The first-order chi connectivity index (χ1) is 15.6. The van der Waals surface area contributed by atoms with E-state index >= 15 is 0 Å². The van der Waals surface area contributed by atoms with Gasteiger partial charge in [-0.15, -0.1) is 0 Å². The molecule has 1 aromatic heterocycles. The Balaban J connectivity index is 1.53. The highest BCUT2D eigenvalue weighted by molar-refractivity contribution is 6.07. The maximum atomic E-state index is 13.8. The Morgan fingerprint density at radius 2 is 1.59 bits per heavy atom. The number of benzene rings is 4. The molecule has 0 atom stereocenters. The lowest BCUT2D eigenvalue weighted by molar-refractivity contribution is 0.0717. The molecule has 1 heterocycles. The molecule has 0 fully saturated rings. The maximum absolute atomic E-state index is 13.8. The minimum absolute atomic E-state index is 0.0409. The average Bonchev–Trinajstić information content (AvgIpc) is 3.20. The van der Waals surface area contributed by atoms with Crippen LogP contribution in [-0.2, 0) is 13.1 Å². The number of hydrogen-bond donors (Lipinski definition) is 0. The first-order valence-electron chi connectivity index (χ1n) is 10.8. The van der Waals surface area contributed by atoms with Crippen LogP contribution in [-0.4, -0.2) is 15.8 Å². The molecule has 0 aliphatic carbocycles. The summed E-state index contributed by atoms with van der Waals surface area (Å²) in [5.41, 5.74) is 5.61. The van der Waals surface area contributed by atoms with Gasteiger partial charge in [-0.05, 0) is 53.9 Å². The van der Waals surface area contributed by atoms with Crippen molar-refractivity contribution in [1.82, 2.24) is 9.88 Å². The van der Waals surface area contributed by atoms with Crippen molar-refractivity contribution in [3.63, 3.8) is 0 Å². The second-order valence-electron chi connectivity index (χ2n) is 8.25. The Morgan fingerprint density at radius 3 is 2.44 bits per heavy atom. The highest BCUT2D eigenvalue weighted by Gasteiger charge is 2.21. The predicted molar refractivity (Wildman–Crippen MR) is 127 cm³/mol. The number of oxazole rings is 1. The van der Waals surface area contributed by atoms with E-state index in [2.05, 4.69) is 36.2 Å². The fraction of sp³-hybridized carbons (Fsp3) is 0.143. The molecule has 0 saturated carbocycles. The van der Waals surface area contributed by atoms with Gasteiger partial charge in [0, 0.05) is 12.1 Å². The molecule has 0 radical (unpaired) electrons. The van der Waals surface area contributed by atoms with Crippen molar-refractivity contribution in [2.45, 2.75) is 26.9 Å². The zero-order chi connectivity index (χ0) is 22.1. The standard InChI is InChI=1S/C28H24N2O2/c1-19-10-13-21(14-11-19)17-30(18-27-29-25-16-20(2)12-15-26(25)32-27)28(31)24-9-5-7-22-6-3-4-8-23(22)24/h3-16H,17-18H2,1-2H3. The summed E-state index contributed by atoms with van der Waals surface area (Å²) in [7, 11) is 0. The average molecular weight is 421 g/mol. The van der Waals surface area contributed by atoms with E-state index in [0.717, 1.165) is 33.0 Å². The summed E-state index contributed by atoms with van der Waals surface area (Å²) in [6.07, 6.45) is 0. The first kappa shape index (κ1) is 20.0. The third-order valence-corrected chi connectivity index (χ3v) is 5.71. The molecule has 0 aliphatic rings. The molecule has 4 nitrogen and oxygen atoms in total. The van der Waals surface area contributed by atoms with Gasteiger partial charge in [0.2, 0.25) is 5.89 Å². The Hall–Kier alpha value is -3.92. The summed E-state index contributed by atoms with van der Waals surface area (Å²) >= 11 is 0. The van der Waals surface area contributed by atoms with Gasteiger partial charge in [0.05, 0.1) is 6.54 Å². The van der Waals surface area contributed by atoms with Gasteiger partial charge in [-0.3, -0.25) is 4.79 Å². The van der Waals surface area contributed by atoms with E-state index in [0.29, 0.717) is 24.5 Å². The Kier molecular flexibility index (Phi) is 5.20. The van der Waals surface area contributed by atoms with Crippen LogP contribution in [0.2, 0.25) is 0 Å². The molecule has 0 saturated heterocycles. The third-order valence-electron chi connectivity index (χ3n) is 5.71. The summed E-state index contributed by atoms with van der Waals surface area (Å²) in [5, 5.41) is 1.99. The van der Waals surface area contributed by atoms with E-state index < -0.39 is 0 Å². The Morgan fingerprint density at radius 1 is 0.844 bits per heavy atom. The van der Waals surface area contributed by atoms with Gasteiger partial charge in [-0.1, -0.05) is 72.3 Å². The number of aromatic nitrogens is 1. The minimum atomic E-state index is -0.0409. The van der Waals surface area contributed by atoms with E-state index in [1.54, 1.807) is 0 Å². The number of aryl methyl sites for hydroxylation is 2. The summed E-state index contributed by atoms with van der Waals surface area (Å²) in [6.45, 7) is 4.86. The van der Waals surface area contributed by atoms with Crippen molar-refractivity contribution >= 4 is 27.8 Å². The van der Waals surface area contributed by atoms with Crippen molar-refractivity contribution in [3.8, 4) is 0 Å². The highest BCUT2D eigenvalue weighted by atomic mass is 16.3. The zero-order valence-electron chi connectivity index (χ0n) is 18.2. The zero-order valence-corrected chi connectivity index (χ0v) is 18.2. The minimum Gasteiger partial charge on any atom is -0.439 e. The van der Waals surface area contributed by atoms with Gasteiger partial charge >= 0.3 is 0 Å². The quantitative estimate of drug-likeness (QED) is 0.329. The van der Waals surface area contributed by atoms with Crippen LogP contribution in [0, 0.1) is 13.8 Å². The van der Waals surface area contributed by atoms with E-state index in [1.165, 1.54) is 5.56 Å². The first-order valence-corrected chi connectivity index (χ1v) is 10.8. The highest BCUT2D eigenvalue weighted by Crippen LogP contribution is 2.24. The number of carbonyl (C=O) groups is 1. The number of nitrogens with zero attached hydrogens (tertiary/aromatic N) is 2. The predicted octanol–water partition coefficient (Wildman–Crippen LogP) is 6.44. The number of carbonyl (C=O) groups excluding carboxylic acids is 1. The fourth-order valence-corrected chi connectivity index (χ4v) is 4.01. The molecule has 32 heavy (non-hydrogen) atoms. The Bertz CT molecular complexity index is 1410. The number of amides is 1. The van der Waals surface area contributed by atoms with E-state index in [1.807, 2.05) is 72.5 Å². The fourth-order valence-electron chi connectivity index (χ4n) is 4.01. The smallest absolute Gasteiger partial charge is 0.255 e. The lowest BCUT2D eigenvalue weighted by Gasteiger charge is -2.22. The molecule has 0 N–H and O–H groups in total. The summed E-state index contributed by atoms with van der Waals surface area (Å²) in [4.78, 5) is 20.2. The van der Waals surface area contributed by atoms with Gasteiger partial charge in [-0.2, -0.15) is 0 Å². The third kappa shape index (κ3) is 4.00. The second kappa shape index (κ2) is 8.31. The maximum Gasteiger partial charge on any atom is 0.255 e. The molecule has 5 rings (SSSR count). The topological polar surface area (TPSA) is 46.3 Å². The number of fused-ring (bicyclic) bond motifs is 2. The van der Waals surface area contributed by atoms with Crippen LogP contribution in [0.15, 0.2) is 89.3 Å². The summed E-state index contributed by atoms with van der Waals surface area (Å²) < 4.78 is 5.98. The van der Waals surface area contributed by atoms with Crippen molar-refractivity contribution in [1.29, 1.82) is 0 Å². The summed E-state index contributed by atoms with van der Waals surface area (Å²) in [6, 6.07) is 28.0. The molecule has 0 bridgehead atoms. The molecule has 158 valence electrons. The normalized spacial score (nSPS) is 11.2. The Labute approximate surface area is 187 Å². The summed E-state index contributed by atoms with van der Waals surface area (Å²) in [5.74, 6) is 0.493. The molecule has 0 unspecified atom stereocenters. The molecular formula is C28H24N2O2. The van der Waals surface area contributed by atoms with Gasteiger partial charge < -0.3 is 9.32 Å². The van der Waals surface area contributed by atoms with Crippen molar-refractivity contribution in [3.05, 3.63) is 113 Å². The van der Waals surface area contributed by atoms with Crippen LogP contribution in [0.1, 0.15) is 32.9 Å². The van der Waals surface area contributed by atoms with E-state index in [-0.39, 0.29) is 5.91 Å². The molecule has 0 spiro atoms. The second-order valence-corrected chi connectivity index (χ2v) is 8.25. The van der Waals surface area contributed by atoms with Crippen LogP contribution in [0.4, 0.5) is 0 Å². The molecule has 5 aromatic rings.